The molecule has 3 N–H and O–H groups in total. The van der Waals surface area contributed by atoms with Crippen LogP contribution in [0.3, 0.4) is 0 Å². The van der Waals surface area contributed by atoms with E-state index in [1.54, 1.807) is 0 Å². The number of aliphatic hydroxyl groups is 1. The predicted octanol–water partition coefficient (Wildman–Crippen LogP) is 3.45. The van der Waals surface area contributed by atoms with Crippen molar-refractivity contribution in [2.75, 3.05) is 6.54 Å². The Morgan fingerprint density at radius 2 is 1.90 bits per heavy atom. The Bertz CT molecular complexity index is 410. The van der Waals surface area contributed by atoms with Crippen molar-refractivity contribution in [2.45, 2.75) is 63.9 Å². The van der Waals surface area contributed by atoms with E-state index in [2.05, 4.69) is 31.2 Å². The maximum atomic E-state index is 10.8. The Labute approximate surface area is 123 Å². The fraction of sp³-hybridized carbons (Fsp3) is 0.667. The average molecular weight is 275 g/mol. The van der Waals surface area contributed by atoms with Crippen LogP contribution < -0.4 is 5.73 Å². The molecular weight excluding hydrogens is 246 g/mol. The normalized spacial score (nSPS) is 19.8. The molecule has 2 rings (SSSR count). The average Bonchev–Trinajstić information content (AvgIpc) is 2.46. The van der Waals surface area contributed by atoms with Crippen molar-refractivity contribution in [3.05, 3.63) is 35.4 Å². The second-order valence-electron chi connectivity index (χ2n) is 6.48. The van der Waals surface area contributed by atoms with E-state index in [4.69, 9.17) is 5.73 Å². The summed E-state index contributed by atoms with van der Waals surface area (Å²) in [4.78, 5) is 0. The van der Waals surface area contributed by atoms with Crippen molar-refractivity contribution in [1.29, 1.82) is 0 Å². The van der Waals surface area contributed by atoms with Crippen LogP contribution in [0.15, 0.2) is 24.3 Å². The topological polar surface area (TPSA) is 46.2 Å². The van der Waals surface area contributed by atoms with Crippen LogP contribution in [0.25, 0.3) is 0 Å². The zero-order valence-electron chi connectivity index (χ0n) is 12.8. The molecule has 112 valence electrons. The van der Waals surface area contributed by atoms with Gasteiger partial charge in [0.15, 0.2) is 0 Å². The van der Waals surface area contributed by atoms with E-state index in [0.29, 0.717) is 5.92 Å². The highest BCUT2D eigenvalue weighted by molar-refractivity contribution is 5.24. The molecule has 1 aromatic rings. The van der Waals surface area contributed by atoms with Gasteiger partial charge in [-0.15, -0.1) is 0 Å². The van der Waals surface area contributed by atoms with Crippen LogP contribution >= 0.6 is 0 Å². The number of hydrogen-bond acceptors (Lipinski definition) is 2. The van der Waals surface area contributed by atoms with Gasteiger partial charge in [0.1, 0.15) is 0 Å². The molecule has 1 aliphatic rings. The summed E-state index contributed by atoms with van der Waals surface area (Å²) in [5.74, 6) is 0.340. The summed E-state index contributed by atoms with van der Waals surface area (Å²) in [6, 6.07) is 8.80. The Kier molecular flexibility index (Phi) is 5.62. The maximum Gasteiger partial charge on any atom is 0.0676 e. The van der Waals surface area contributed by atoms with Gasteiger partial charge in [0.2, 0.25) is 0 Å². The number of aryl methyl sites for hydroxylation is 1. The molecule has 0 bridgehead atoms. The molecule has 1 aliphatic carbocycles. The van der Waals surface area contributed by atoms with Gasteiger partial charge in [-0.3, -0.25) is 0 Å². The lowest BCUT2D eigenvalue weighted by Crippen LogP contribution is -2.39. The van der Waals surface area contributed by atoms with E-state index >= 15 is 0 Å². The van der Waals surface area contributed by atoms with Gasteiger partial charge in [-0.05, 0) is 55.7 Å². The minimum absolute atomic E-state index is 0.340. The van der Waals surface area contributed by atoms with Crippen LogP contribution in [-0.4, -0.2) is 17.3 Å². The molecule has 1 atom stereocenters. The van der Waals surface area contributed by atoms with Crippen molar-refractivity contribution < 1.29 is 5.11 Å². The molecule has 0 aliphatic heterocycles. The van der Waals surface area contributed by atoms with Gasteiger partial charge in [0, 0.05) is 0 Å². The number of nitrogens with two attached hydrogens (primary N) is 1. The Hall–Kier alpha value is -0.860. The summed E-state index contributed by atoms with van der Waals surface area (Å²) >= 11 is 0. The second kappa shape index (κ2) is 7.24. The summed E-state index contributed by atoms with van der Waals surface area (Å²) < 4.78 is 0. The summed E-state index contributed by atoms with van der Waals surface area (Å²) in [5.41, 5.74) is 7.86. The molecule has 0 heterocycles. The largest absolute Gasteiger partial charge is 0.390 e. The van der Waals surface area contributed by atoms with Gasteiger partial charge in [0.25, 0.3) is 0 Å². The first-order valence-corrected chi connectivity index (χ1v) is 8.14. The lowest BCUT2D eigenvalue weighted by Gasteiger charge is -2.37. The third-order valence-corrected chi connectivity index (χ3v) is 4.84. The smallest absolute Gasteiger partial charge is 0.0676 e. The third-order valence-electron chi connectivity index (χ3n) is 4.84. The van der Waals surface area contributed by atoms with Crippen LogP contribution in [0, 0.1) is 5.92 Å². The Morgan fingerprint density at radius 3 is 2.60 bits per heavy atom. The second-order valence-corrected chi connectivity index (χ2v) is 6.48. The molecule has 0 saturated heterocycles. The van der Waals surface area contributed by atoms with E-state index in [1.807, 2.05) is 0 Å². The maximum absolute atomic E-state index is 10.8. The van der Waals surface area contributed by atoms with E-state index in [0.717, 1.165) is 38.6 Å². The lowest BCUT2D eigenvalue weighted by atomic mass is 9.74. The van der Waals surface area contributed by atoms with Crippen molar-refractivity contribution in [3.8, 4) is 0 Å². The quantitative estimate of drug-likeness (QED) is 0.835. The molecule has 0 radical (unpaired) electrons. The van der Waals surface area contributed by atoms with Crippen LogP contribution in [0.5, 0.6) is 0 Å². The van der Waals surface area contributed by atoms with Gasteiger partial charge in [-0.2, -0.15) is 0 Å². The molecule has 0 aromatic heterocycles. The molecule has 1 fully saturated rings. The highest BCUT2D eigenvalue weighted by atomic mass is 16.3. The summed E-state index contributed by atoms with van der Waals surface area (Å²) in [6.07, 6.45) is 8.67. The summed E-state index contributed by atoms with van der Waals surface area (Å²) in [6.45, 7) is 2.96. The Balaban J connectivity index is 1.98. The predicted molar refractivity (Wildman–Crippen MR) is 84.7 cm³/mol. The number of rotatable bonds is 6. The fourth-order valence-corrected chi connectivity index (χ4v) is 3.42. The third kappa shape index (κ3) is 4.07. The van der Waals surface area contributed by atoms with Crippen LogP contribution in [0.1, 0.15) is 56.6 Å². The molecular formula is C18H29NO. The SMILES string of the molecule is C[C@@H](Cc1cccc(CCCN)c1)C1(O)CCCCC1. The molecule has 0 amide bonds. The fourth-order valence-electron chi connectivity index (χ4n) is 3.42. The van der Waals surface area contributed by atoms with Gasteiger partial charge in [-0.1, -0.05) is 50.5 Å². The van der Waals surface area contributed by atoms with Crippen molar-refractivity contribution in [2.24, 2.45) is 11.7 Å². The van der Waals surface area contributed by atoms with Crippen LogP contribution in [0.4, 0.5) is 0 Å². The van der Waals surface area contributed by atoms with E-state index in [9.17, 15) is 5.11 Å². The first-order chi connectivity index (χ1) is 9.64. The van der Waals surface area contributed by atoms with Gasteiger partial charge in [0.05, 0.1) is 5.60 Å². The zero-order valence-corrected chi connectivity index (χ0v) is 12.8. The highest BCUT2D eigenvalue weighted by Crippen LogP contribution is 2.35. The van der Waals surface area contributed by atoms with Crippen molar-refractivity contribution >= 4 is 0 Å². The standard InChI is InChI=1S/C18H29NO/c1-15(18(20)10-3-2-4-11-18)13-17-8-5-7-16(14-17)9-6-12-19/h5,7-8,14-15,20H,2-4,6,9-13,19H2,1H3/t15-/m0/s1. The molecule has 2 nitrogen and oxygen atoms in total. The molecule has 2 heteroatoms. The van der Waals surface area contributed by atoms with Crippen LogP contribution in [-0.2, 0) is 12.8 Å². The number of benzene rings is 1. The molecule has 0 spiro atoms. The van der Waals surface area contributed by atoms with Crippen molar-refractivity contribution in [3.63, 3.8) is 0 Å². The minimum atomic E-state index is -0.439. The first kappa shape index (κ1) is 15.5. The van der Waals surface area contributed by atoms with Gasteiger partial charge < -0.3 is 10.8 Å². The molecule has 1 saturated carbocycles. The van der Waals surface area contributed by atoms with E-state index in [1.165, 1.54) is 30.4 Å². The van der Waals surface area contributed by atoms with Gasteiger partial charge >= 0.3 is 0 Å². The summed E-state index contributed by atoms with van der Waals surface area (Å²) in [5, 5.41) is 10.8. The monoisotopic (exact) mass is 275 g/mol. The number of hydrogen-bond donors (Lipinski definition) is 2. The van der Waals surface area contributed by atoms with E-state index < -0.39 is 5.60 Å². The highest BCUT2D eigenvalue weighted by Gasteiger charge is 2.34. The van der Waals surface area contributed by atoms with Gasteiger partial charge in [-0.25, -0.2) is 0 Å². The molecule has 0 unspecified atom stereocenters. The molecule has 1 aromatic carbocycles. The van der Waals surface area contributed by atoms with E-state index in [-0.39, 0.29) is 0 Å². The zero-order chi connectivity index (χ0) is 14.4. The Morgan fingerprint density at radius 1 is 1.20 bits per heavy atom. The first-order valence-electron chi connectivity index (χ1n) is 8.14. The minimum Gasteiger partial charge on any atom is -0.390 e. The lowest BCUT2D eigenvalue weighted by molar-refractivity contribution is -0.0429. The summed E-state index contributed by atoms with van der Waals surface area (Å²) in [7, 11) is 0. The van der Waals surface area contributed by atoms with Crippen molar-refractivity contribution in [1.82, 2.24) is 0 Å². The molecule has 20 heavy (non-hydrogen) atoms. The van der Waals surface area contributed by atoms with Crippen LogP contribution in [0.2, 0.25) is 0 Å².